The number of nitrogens with one attached hydrogen (secondary N) is 3. The number of hydrogen-bond acceptors (Lipinski definition) is 5. The molecule has 2 aromatic carbocycles. The molecule has 3 amide bonds. The van der Waals surface area contributed by atoms with Crippen molar-refractivity contribution < 1.29 is 19.1 Å². The molecule has 0 spiro atoms. The Hall–Kier alpha value is -3.39. The van der Waals surface area contributed by atoms with Gasteiger partial charge in [0, 0.05) is 31.5 Å². The third-order valence-corrected chi connectivity index (χ3v) is 6.10. The van der Waals surface area contributed by atoms with Crippen molar-refractivity contribution >= 4 is 17.9 Å². The minimum atomic E-state index is -0.499. The molecule has 1 aliphatic carbocycles. The quantitative estimate of drug-likeness (QED) is 0.275. The van der Waals surface area contributed by atoms with Crippen molar-refractivity contribution in [2.75, 3.05) is 26.7 Å². The highest BCUT2D eigenvalue weighted by Crippen LogP contribution is 2.47. The molecule has 0 bridgehead atoms. The van der Waals surface area contributed by atoms with Crippen LogP contribution in [0.15, 0.2) is 36.4 Å². The molecule has 8 nitrogen and oxygen atoms in total. The molecule has 2 aromatic rings. The smallest absolute Gasteiger partial charge is 0.406 e. The van der Waals surface area contributed by atoms with E-state index in [-0.39, 0.29) is 24.3 Å². The molecule has 3 rings (SSSR count). The van der Waals surface area contributed by atoms with Crippen molar-refractivity contribution in [3.8, 4) is 11.1 Å². The monoisotopic (exact) mass is 479 g/mol. The van der Waals surface area contributed by atoms with E-state index in [1.165, 1.54) is 13.6 Å². The second-order valence-electron chi connectivity index (χ2n) is 8.58. The zero-order chi connectivity index (χ0) is 25.2. The van der Waals surface area contributed by atoms with Gasteiger partial charge < -0.3 is 26.4 Å². The van der Waals surface area contributed by atoms with Crippen LogP contribution in [0, 0.1) is 6.54 Å². The van der Waals surface area contributed by atoms with E-state index in [4.69, 9.17) is 10.5 Å². The van der Waals surface area contributed by atoms with Crippen LogP contribution in [0.2, 0.25) is 0 Å². The van der Waals surface area contributed by atoms with E-state index in [2.05, 4.69) is 22.0 Å². The van der Waals surface area contributed by atoms with Crippen LogP contribution in [0.3, 0.4) is 0 Å². The Balaban J connectivity index is 1.86. The zero-order valence-electron chi connectivity index (χ0n) is 20.5. The Labute approximate surface area is 207 Å². The molecule has 0 saturated heterocycles. The number of fused-ring (bicyclic) bond motifs is 3. The molecule has 1 unspecified atom stereocenters. The van der Waals surface area contributed by atoms with Gasteiger partial charge in [-0.15, -0.1) is 6.42 Å². The predicted molar refractivity (Wildman–Crippen MR) is 136 cm³/mol. The first-order chi connectivity index (χ1) is 17.0. The molecule has 0 aliphatic heterocycles. The van der Waals surface area contributed by atoms with E-state index >= 15 is 0 Å². The Kier molecular flexibility index (Phi) is 9.66. The lowest BCUT2D eigenvalue weighted by atomic mass is 9.95. The second kappa shape index (κ2) is 12.9. The zero-order valence-corrected chi connectivity index (χ0v) is 20.5. The van der Waals surface area contributed by atoms with E-state index in [0.29, 0.717) is 31.5 Å². The highest BCUT2D eigenvalue weighted by Gasteiger charge is 2.33. The van der Waals surface area contributed by atoms with E-state index in [9.17, 15) is 14.4 Å². The number of carbonyl (C=O) groups excluding carboxylic acids is 3. The number of hydrogen-bond donors (Lipinski definition) is 4. The first-order valence-corrected chi connectivity index (χ1v) is 12.2. The Morgan fingerprint density at radius 3 is 2.66 bits per heavy atom. The van der Waals surface area contributed by atoms with Crippen molar-refractivity contribution in [1.29, 1.82) is 0 Å². The van der Waals surface area contributed by atoms with Crippen molar-refractivity contribution in [3.05, 3.63) is 65.2 Å². The second-order valence-corrected chi connectivity index (χ2v) is 8.58. The van der Waals surface area contributed by atoms with Crippen molar-refractivity contribution in [1.82, 2.24) is 16.0 Å². The number of aryl methyl sites for hydroxylation is 1. The minimum Gasteiger partial charge on any atom is -0.483 e. The van der Waals surface area contributed by atoms with Gasteiger partial charge in [0.2, 0.25) is 5.91 Å². The number of carbonyl (C=O) groups is 3. The summed E-state index contributed by atoms with van der Waals surface area (Å²) in [5, 5.41) is 8.31. The highest BCUT2D eigenvalue weighted by molar-refractivity contribution is 6.03. The average molecular weight is 480 g/mol. The van der Waals surface area contributed by atoms with Crippen LogP contribution in [0.4, 0.5) is 4.79 Å². The summed E-state index contributed by atoms with van der Waals surface area (Å²) in [4.78, 5) is 36.7. The molecule has 35 heavy (non-hydrogen) atoms. The van der Waals surface area contributed by atoms with Gasteiger partial charge in [-0.25, -0.2) is 4.79 Å². The maximum Gasteiger partial charge on any atom is 0.406 e. The number of alkyl carbamates (subject to hydrolysis) is 1. The number of rotatable bonds is 12. The van der Waals surface area contributed by atoms with Crippen LogP contribution in [0.25, 0.3) is 11.1 Å². The summed E-state index contributed by atoms with van der Waals surface area (Å²) >= 11 is 0. The summed E-state index contributed by atoms with van der Waals surface area (Å²) in [6.07, 6.45) is 2.98. The Bertz CT molecular complexity index is 1050. The third-order valence-electron chi connectivity index (χ3n) is 6.10. The summed E-state index contributed by atoms with van der Waals surface area (Å²) in [5.74, 6) is -0.278. The molecular formula is C27H35N4O4-. The van der Waals surface area contributed by atoms with E-state index in [0.717, 1.165) is 47.1 Å². The fourth-order valence-corrected chi connectivity index (χ4v) is 4.38. The lowest BCUT2D eigenvalue weighted by Gasteiger charge is -2.15. The van der Waals surface area contributed by atoms with Gasteiger partial charge in [0.05, 0.1) is 0 Å². The largest absolute Gasteiger partial charge is 0.483 e. The molecule has 0 aromatic heterocycles. The summed E-state index contributed by atoms with van der Waals surface area (Å²) < 4.78 is 5.44. The Morgan fingerprint density at radius 1 is 1.09 bits per heavy atom. The molecule has 8 heteroatoms. The maximum atomic E-state index is 13.0. The van der Waals surface area contributed by atoms with Gasteiger partial charge in [0.25, 0.3) is 5.91 Å². The molecule has 1 aliphatic rings. The predicted octanol–water partition coefficient (Wildman–Crippen LogP) is 3.24. The molecule has 0 heterocycles. The molecule has 0 saturated carbocycles. The molecule has 0 radical (unpaired) electrons. The molecule has 5 N–H and O–H groups in total. The van der Waals surface area contributed by atoms with Crippen LogP contribution in [-0.2, 0) is 16.0 Å². The van der Waals surface area contributed by atoms with Crippen LogP contribution in [0.5, 0.6) is 0 Å². The van der Waals surface area contributed by atoms with E-state index in [1.54, 1.807) is 0 Å². The van der Waals surface area contributed by atoms with Gasteiger partial charge >= 0.3 is 6.09 Å². The minimum absolute atomic E-state index is 0.0696. The normalized spacial score (nSPS) is 13.5. The number of nitrogens with two attached hydrogens (primary N) is 1. The Morgan fingerprint density at radius 2 is 1.91 bits per heavy atom. The molecule has 0 fully saturated rings. The van der Waals surface area contributed by atoms with Crippen LogP contribution in [-0.4, -0.2) is 44.7 Å². The van der Waals surface area contributed by atoms with Crippen molar-refractivity contribution in [2.45, 2.75) is 44.9 Å². The van der Waals surface area contributed by atoms with Gasteiger partial charge in [0.15, 0.2) is 0 Å². The van der Waals surface area contributed by atoms with E-state index in [1.807, 2.05) is 37.3 Å². The van der Waals surface area contributed by atoms with Gasteiger partial charge in [-0.05, 0) is 59.7 Å². The first kappa shape index (κ1) is 26.2. The molecule has 188 valence electrons. The molecule has 1 atom stereocenters. The van der Waals surface area contributed by atoms with Crippen LogP contribution < -0.4 is 21.7 Å². The van der Waals surface area contributed by atoms with Crippen LogP contribution in [0.1, 0.15) is 65.6 Å². The third kappa shape index (κ3) is 6.60. The maximum absolute atomic E-state index is 13.0. The van der Waals surface area contributed by atoms with Gasteiger partial charge in [0.1, 0.15) is 6.61 Å². The molecular weight excluding hydrogens is 444 g/mol. The van der Waals surface area contributed by atoms with Crippen LogP contribution >= 0.6 is 0 Å². The highest BCUT2D eigenvalue weighted by atomic mass is 16.5. The van der Waals surface area contributed by atoms with Gasteiger partial charge in [-0.2, -0.15) is 0 Å². The average Bonchev–Trinajstić information content (AvgIpc) is 3.18. The lowest BCUT2D eigenvalue weighted by Crippen LogP contribution is -2.25. The number of benzene rings is 2. The first-order valence-electron chi connectivity index (χ1n) is 12.2. The summed E-state index contributed by atoms with van der Waals surface area (Å²) in [7, 11) is 1.52. The number of amides is 3. The summed E-state index contributed by atoms with van der Waals surface area (Å²) in [6.45, 7) is 4.87. The van der Waals surface area contributed by atoms with Gasteiger partial charge in [-0.1, -0.05) is 37.3 Å². The lowest BCUT2D eigenvalue weighted by molar-refractivity contribution is -0.121. The standard InChI is InChI=1S/C27H35N4O4/c1-3-14-30-24(32)10-4-7-18-11-12-20-22(16-18)23(17-35-27(34)29-2)19-8-5-9-21(25(19)20)26(33)31-15-6-13-28/h5,8-9,11-13,16,23H,3-4,6-7,10,14-15,17,28H2,1-2H3,(H,29,34)(H,30,32)(H,31,33)/q-1. The van der Waals surface area contributed by atoms with Crippen molar-refractivity contribution in [3.63, 3.8) is 0 Å². The van der Waals surface area contributed by atoms with Crippen molar-refractivity contribution in [2.24, 2.45) is 5.73 Å². The topological polar surface area (TPSA) is 123 Å². The fraction of sp³-hybridized carbons (Fsp3) is 0.407. The SMILES string of the molecule is CCCNC(=O)CCCc1ccc2c(c1)C(COC(=O)NC)c1cccc(C(=O)NCC[CH-]N)c1-2. The summed E-state index contributed by atoms with van der Waals surface area (Å²) in [6, 6.07) is 11.8. The summed E-state index contributed by atoms with van der Waals surface area (Å²) in [5.41, 5.74) is 10.9. The number of ether oxygens (including phenoxy) is 1. The van der Waals surface area contributed by atoms with E-state index < -0.39 is 6.09 Å². The van der Waals surface area contributed by atoms with Gasteiger partial charge in [-0.3, -0.25) is 16.1 Å². The fourth-order valence-electron chi connectivity index (χ4n) is 4.38.